The van der Waals surface area contributed by atoms with Crippen molar-refractivity contribution >= 4 is 23.4 Å². The summed E-state index contributed by atoms with van der Waals surface area (Å²) >= 11 is 0. The Balaban J connectivity index is 1.73. The molecule has 39 heavy (non-hydrogen) atoms. The Morgan fingerprint density at radius 2 is 1.79 bits per heavy atom. The molecular formula is C31H43N3O5. The molecule has 212 valence electrons. The average molecular weight is 538 g/mol. The van der Waals surface area contributed by atoms with E-state index in [0.29, 0.717) is 45.3 Å². The molecular weight excluding hydrogens is 494 g/mol. The smallest absolute Gasteiger partial charge is 0.249 e. The molecule has 3 aliphatic rings. The number of aliphatic hydroxyl groups excluding tert-OH is 1. The third-order valence-corrected chi connectivity index (χ3v) is 8.41. The Bertz CT molecular complexity index is 1080. The summed E-state index contributed by atoms with van der Waals surface area (Å²) < 4.78 is 6.64. The normalized spacial score (nSPS) is 27.4. The van der Waals surface area contributed by atoms with Crippen molar-refractivity contribution in [3.63, 3.8) is 0 Å². The highest BCUT2D eigenvalue weighted by atomic mass is 16.5. The molecule has 0 aliphatic carbocycles. The number of fused-ring (bicyclic) bond motifs is 1. The van der Waals surface area contributed by atoms with Crippen LogP contribution in [0.3, 0.4) is 0 Å². The predicted octanol–water partition coefficient (Wildman–Crippen LogP) is 3.56. The molecule has 0 aromatic heterocycles. The van der Waals surface area contributed by atoms with Crippen LogP contribution >= 0.6 is 0 Å². The van der Waals surface area contributed by atoms with E-state index >= 15 is 0 Å². The predicted molar refractivity (Wildman–Crippen MR) is 151 cm³/mol. The summed E-state index contributed by atoms with van der Waals surface area (Å²) in [5.41, 5.74) is -0.800. The fraction of sp³-hybridized carbons (Fsp3) is 0.581. The van der Waals surface area contributed by atoms with Gasteiger partial charge in [0.25, 0.3) is 0 Å². The Morgan fingerprint density at radius 3 is 2.41 bits per heavy atom. The van der Waals surface area contributed by atoms with Crippen LogP contribution in [0.25, 0.3) is 0 Å². The number of para-hydroxylation sites is 1. The van der Waals surface area contributed by atoms with Gasteiger partial charge in [0.2, 0.25) is 17.7 Å². The lowest BCUT2D eigenvalue weighted by molar-refractivity contribution is -0.151. The van der Waals surface area contributed by atoms with Crippen molar-refractivity contribution in [2.24, 2.45) is 11.8 Å². The Hall–Kier alpha value is -2.97. The van der Waals surface area contributed by atoms with Gasteiger partial charge in [-0.2, -0.15) is 0 Å². The van der Waals surface area contributed by atoms with Crippen LogP contribution in [0.2, 0.25) is 0 Å². The van der Waals surface area contributed by atoms with Crippen LogP contribution < -0.4 is 4.90 Å². The number of hydrogen-bond acceptors (Lipinski definition) is 5. The number of benzene rings is 1. The number of rotatable bonds is 12. The van der Waals surface area contributed by atoms with Crippen LogP contribution in [-0.4, -0.2) is 82.2 Å². The molecule has 1 aromatic carbocycles. The summed E-state index contributed by atoms with van der Waals surface area (Å²) in [5.74, 6) is -1.92. The molecule has 1 spiro atoms. The minimum absolute atomic E-state index is 0.0833. The molecule has 1 aromatic rings. The van der Waals surface area contributed by atoms with Crippen LogP contribution in [-0.2, 0) is 19.1 Å². The van der Waals surface area contributed by atoms with Gasteiger partial charge in [-0.15, -0.1) is 13.2 Å². The van der Waals surface area contributed by atoms with Crippen molar-refractivity contribution in [2.45, 2.75) is 76.2 Å². The lowest BCUT2D eigenvalue weighted by Crippen LogP contribution is -2.60. The lowest BCUT2D eigenvalue weighted by atomic mass is 9.70. The summed E-state index contributed by atoms with van der Waals surface area (Å²) in [5, 5.41) is 9.25. The third kappa shape index (κ3) is 5.16. The standard InChI is InChI=1S/C31H43N3O5/c1-6-18-32(22-14-10-8-11-15-22)27(36)24-23-16-17-31(39-23)25(24)28(37)33(20-12-9-13-21-35)26(31)29(38)34(19-7-2)30(3,4)5/h6-8,10-11,14-15,23-26,35H,1-2,9,12-13,16-21H2,3-5H3/t23-,24+,25-,26?,31?/m0/s1. The molecule has 3 heterocycles. The van der Waals surface area contributed by atoms with Gasteiger partial charge in [-0.25, -0.2) is 0 Å². The summed E-state index contributed by atoms with van der Waals surface area (Å²) in [6, 6.07) is 8.58. The van der Waals surface area contributed by atoms with E-state index in [0.717, 1.165) is 12.1 Å². The number of amides is 3. The van der Waals surface area contributed by atoms with Crippen molar-refractivity contribution in [2.75, 3.05) is 31.1 Å². The molecule has 2 unspecified atom stereocenters. The first-order chi connectivity index (χ1) is 18.6. The quantitative estimate of drug-likeness (QED) is 0.325. The van der Waals surface area contributed by atoms with Crippen LogP contribution in [0.5, 0.6) is 0 Å². The van der Waals surface area contributed by atoms with E-state index in [2.05, 4.69) is 13.2 Å². The molecule has 2 bridgehead atoms. The first kappa shape index (κ1) is 29.0. The van der Waals surface area contributed by atoms with Crippen molar-refractivity contribution in [1.29, 1.82) is 0 Å². The number of unbranched alkanes of at least 4 members (excludes halogenated alkanes) is 2. The molecule has 0 radical (unpaired) electrons. The van der Waals surface area contributed by atoms with Crippen LogP contribution in [0.1, 0.15) is 52.9 Å². The molecule has 3 amide bonds. The van der Waals surface area contributed by atoms with Gasteiger partial charge < -0.3 is 24.5 Å². The molecule has 8 nitrogen and oxygen atoms in total. The minimum Gasteiger partial charge on any atom is -0.396 e. The topological polar surface area (TPSA) is 90.4 Å². The maximum absolute atomic E-state index is 14.3. The lowest BCUT2D eigenvalue weighted by Gasteiger charge is -2.42. The van der Waals surface area contributed by atoms with Gasteiger partial charge in [-0.3, -0.25) is 14.4 Å². The zero-order chi connectivity index (χ0) is 28.4. The molecule has 8 heteroatoms. The molecule has 3 saturated heterocycles. The highest BCUT2D eigenvalue weighted by Gasteiger charge is 2.75. The second-order valence-corrected chi connectivity index (χ2v) is 11.9. The fourth-order valence-corrected chi connectivity index (χ4v) is 6.74. The second kappa shape index (κ2) is 11.6. The Labute approximate surface area is 232 Å². The van der Waals surface area contributed by atoms with Gasteiger partial charge in [0.1, 0.15) is 11.6 Å². The zero-order valence-electron chi connectivity index (χ0n) is 23.6. The van der Waals surface area contributed by atoms with Gasteiger partial charge in [0.05, 0.1) is 17.9 Å². The SMILES string of the molecule is C=CCN(C(=O)[C@@H]1[C@@H]2CCC3(O2)C(C(=O)N(CC=C)C(C)(C)C)N(CCCCCO)C(=O)[C@H]13)c1ccccc1. The fourth-order valence-electron chi connectivity index (χ4n) is 6.74. The number of likely N-dealkylation sites (tertiary alicyclic amines) is 1. The number of ether oxygens (including phenoxy) is 1. The number of nitrogens with zero attached hydrogens (tertiary/aromatic N) is 3. The van der Waals surface area contributed by atoms with Crippen molar-refractivity contribution in [3.8, 4) is 0 Å². The van der Waals surface area contributed by atoms with E-state index in [9.17, 15) is 19.5 Å². The first-order valence-electron chi connectivity index (χ1n) is 14.1. The summed E-state index contributed by atoms with van der Waals surface area (Å²) in [7, 11) is 0. The maximum Gasteiger partial charge on any atom is 0.249 e. The van der Waals surface area contributed by atoms with Crippen LogP contribution in [0.15, 0.2) is 55.6 Å². The molecule has 3 fully saturated rings. The third-order valence-electron chi connectivity index (χ3n) is 8.41. The number of hydrogen-bond donors (Lipinski definition) is 1. The van der Waals surface area contributed by atoms with E-state index in [1.165, 1.54) is 0 Å². The monoisotopic (exact) mass is 537 g/mol. The number of anilines is 1. The largest absolute Gasteiger partial charge is 0.396 e. The Kier molecular flexibility index (Phi) is 8.66. The highest BCUT2D eigenvalue weighted by molar-refractivity contribution is 6.03. The molecule has 0 saturated carbocycles. The van der Waals surface area contributed by atoms with Gasteiger partial charge >= 0.3 is 0 Å². The van der Waals surface area contributed by atoms with E-state index in [1.807, 2.05) is 51.1 Å². The van der Waals surface area contributed by atoms with Gasteiger partial charge in [-0.1, -0.05) is 30.4 Å². The number of carbonyl (C=O) groups excluding carboxylic acids is 3. The van der Waals surface area contributed by atoms with E-state index in [1.54, 1.807) is 26.9 Å². The average Bonchev–Trinajstić information content (AvgIpc) is 3.55. The first-order valence-corrected chi connectivity index (χ1v) is 14.1. The van der Waals surface area contributed by atoms with Gasteiger partial charge in [0.15, 0.2) is 0 Å². The van der Waals surface area contributed by atoms with E-state index < -0.39 is 35.1 Å². The van der Waals surface area contributed by atoms with Crippen molar-refractivity contribution in [1.82, 2.24) is 9.80 Å². The summed E-state index contributed by atoms with van der Waals surface area (Å²) in [6.07, 6.45) is 6.17. The molecule has 5 atom stereocenters. The number of carbonyl (C=O) groups is 3. The second-order valence-electron chi connectivity index (χ2n) is 11.9. The van der Waals surface area contributed by atoms with Crippen LogP contribution in [0, 0.1) is 11.8 Å². The van der Waals surface area contributed by atoms with E-state index in [-0.39, 0.29) is 24.3 Å². The maximum atomic E-state index is 14.3. The minimum atomic E-state index is -1.04. The number of aliphatic hydroxyl groups is 1. The van der Waals surface area contributed by atoms with Crippen molar-refractivity contribution in [3.05, 3.63) is 55.6 Å². The van der Waals surface area contributed by atoms with Gasteiger partial charge in [-0.05, 0) is 65.0 Å². The molecule has 1 N–H and O–H groups in total. The molecule has 4 rings (SSSR count). The summed E-state index contributed by atoms with van der Waals surface area (Å²) in [4.78, 5) is 47.9. The zero-order valence-corrected chi connectivity index (χ0v) is 23.6. The summed E-state index contributed by atoms with van der Waals surface area (Å²) in [6.45, 7) is 14.7. The molecule has 3 aliphatic heterocycles. The van der Waals surface area contributed by atoms with E-state index in [4.69, 9.17) is 4.74 Å². The van der Waals surface area contributed by atoms with Gasteiger partial charge in [0, 0.05) is 37.5 Å². The Morgan fingerprint density at radius 1 is 1.10 bits per heavy atom. The van der Waals surface area contributed by atoms with Crippen molar-refractivity contribution < 1.29 is 24.2 Å². The highest BCUT2D eigenvalue weighted by Crippen LogP contribution is 2.59. The van der Waals surface area contributed by atoms with Crippen LogP contribution in [0.4, 0.5) is 5.69 Å².